The molecule has 0 spiro atoms. The number of hydrogen-bond acceptors (Lipinski definition) is 6. The predicted molar refractivity (Wildman–Crippen MR) is 112 cm³/mol. The molecule has 0 saturated carbocycles. The third kappa shape index (κ3) is 4.76. The zero-order valence-corrected chi connectivity index (χ0v) is 16.5. The zero-order valence-electron chi connectivity index (χ0n) is 16.5. The summed E-state index contributed by atoms with van der Waals surface area (Å²) in [5.74, 6) is -0.519. The van der Waals surface area contributed by atoms with E-state index in [9.17, 15) is 9.59 Å². The summed E-state index contributed by atoms with van der Waals surface area (Å²) in [7, 11) is 0. The molecule has 2 aromatic carbocycles. The monoisotopic (exact) mass is 390 g/mol. The van der Waals surface area contributed by atoms with Crippen molar-refractivity contribution in [1.29, 1.82) is 0 Å². The van der Waals surface area contributed by atoms with Crippen molar-refractivity contribution in [2.24, 2.45) is 0 Å². The van der Waals surface area contributed by atoms with Crippen LogP contribution in [0.25, 0.3) is 0 Å². The molecule has 1 aromatic heterocycles. The second kappa shape index (κ2) is 8.97. The lowest BCUT2D eigenvalue weighted by Crippen LogP contribution is -2.16. The quantitative estimate of drug-likeness (QED) is 0.611. The maximum absolute atomic E-state index is 12.6. The molecule has 7 heteroatoms. The minimum absolute atomic E-state index is 0.254. The van der Waals surface area contributed by atoms with Crippen LogP contribution in [0.1, 0.15) is 38.8 Å². The first kappa shape index (κ1) is 20.0. The van der Waals surface area contributed by atoms with E-state index in [4.69, 9.17) is 4.74 Å². The molecule has 1 heterocycles. The van der Waals surface area contributed by atoms with Gasteiger partial charge >= 0.3 is 5.97 Å². The lowest BCUT2D eigenvalue weighted by Gasteiger charge is -2.11. The number of nitrogens with one attached hydrogen (secondary N) is 2. The zero-order chi connectivity index (χ0) is 20.8. The molecule has 0 unspecified atom stereocenters. The molecule has 1 amide bonds. The molecule has 148 valence electrons. The number of carbonyl (C=O) groups excluding carboxylic acids is 2. The average molecular weight is 390 g/mol. The van der Waals surface area contributed by atoms with E-state index in [1.807, 2.05) is 32.0 Å². The SMILES string of the molecule is CCOC(=O)c1ccccc1NC(=O)c1cnc(Nc2cccc(C)c2C)nc1. The number of para-hydroxylation sites is 1. The fourth-order valence-corrected chi connectivity index (χ4v) is 2.69. The van der Waals surface area contributed by atoms with E-state index in [1.165, 1.54) is 12.4 Å². The second-order valence-corrected chi connectivity index (χ2v) is 6.39. The molecule has 0 fully saturated rings. The molecule has 0 aliphatic carbocycles. The Morgan fingerprint density at radius 1 is 0.966 bits per heavy atom. The van der Waals surface area contributed by atoms with E-state index < -0.39 is 11.9 Å². The van der Waals surface area contributed by atoms with E-state index in [0.29, 0.717) is 11.6 Å². The summed E-state index contributed by atoms with van der Waals surface area (Å²) in [5.41, 5.74) is 4.10. The molecule has 29 heavy (non-hydrogen) atoms. The highest BCUT2D eigenvalue weighted by molar-refractivity contribution is 6.07. The summed E-state index contributed by atoms with van der Waals surface area (Å²) < 4.78 is 5.02. The fourth-order valence-electron chi connectivity index (χ4n) is 2.69. The van der Waals surface area contributed by atoms with Crippen LogP contribution in [0.15, 0.2) is 54.9 Å². The van der Waals surface area contributed by atoms with Crippen LogP contribution in [0.4, 0.5) is 17.3 Å². The topological polar surface area (TPSA) is 93.2 Å². The molecule has 3 aromatic rings. The number of aromatic nitrogens is 2. The number of aryl methyl sites for hydroxylation is 1. The number of nitrogens with zero attached hydrogens (tertiary/aromatic N) is 2. The van der Waals surface area contributed by atoms with Crippen molar-refractivity contribution >= 4 is 29.2 Å². The van der Waals surface area contributed by atoms with Crippen molar-refractivity contribution in [2.45, 2.75) is 20.8 Å². The number of ether oxygens (including phenoxy) is 1. The minimum Gasteiger partial charge on any atom is -0.462 e. The van der Waals surface area contributed by atoms with Crippen molar-refractivity contribution in [3.05, 3.63) is 77.1 Å². The molecule has 0 radical (unpaired) electrons. The van der Waals surface area contributed by atoms with Crippen molar-refractivity contribution in [3.63, 3.8) is 0 Å². The van der Waals surface area contributed by atoms with Crippen molar-refractivity contribution in [3.8, 4) is 0 Å². The first-order valence-corrected chi connectivity index (χ1v) is 9.22. The summed E-state index contributed by atoms with van der Waals surface area (Å²) >= 11 is 0. The summed E-state index contributed by atoms with van der Waals surface area (Å²) in [5, 5.41) is 5.86. The van der Waals surface area contributed by atoms with Gasteiger partial charge in [-0.3, -0.25) is 4.79 Å². The molecule has 2 N–H and O–H groups in total. The third-order valence-corrected chi connectivity index (χ3v) is 4.44. The maximum atomic E-state index is 12.6. The Hall–Kier alpha value is -3.74. The first-order chi connectivity index (χ1) is 14.0. The van der Waals surface area contributed by atoms with Crippen molar-refractivity contribution in [2.75, 3.05) is 17.2 Å². The maximum Gasteiger partial charge on any atom is 0.340 e. The second-order valence-electron chi connectivity index (χ2n) is 6.39. The number of esters is 1. The van der Waals surface area contributed by atoms with Crippen LogP contribution in [-0.4, -0.2) is 28.5 Å². The van der Waals surface area contributed by atoms with E-state index in [1.54, 1.807) is 31.2 Å². The highest BCUT2D eigenvalue weighted by atomic mass is 16.5. The largest absolute Gasteiger partial charge is 0.462 e. The van der Waals surface area contributed by atoms with Crippen LogP contribution >= 0.6 is 0 Å². The van der Waals surface area contributed by atoms with Gasteiger partial charge in [0.1, 0.15) is 0 Å². The van der Waals surface area contributed by atoms with Crippen LogP contribution in [0.3, 0.4) is 0 Å². The van der Waals surface area contributed by atoms with Crippen LogP contribution in [0, 0.1) is 13.8 Å². The normalized spacial score (nSPS) is 10.3. The van der Waals surface area contributed by atoms with Gasteiger partial charge in [-0.25, -0.2) is 14.8 Å². The summed E-state index contributed by atoms with van der Waals surface area (Å²) in [6, 6.07) is 12.6. The summed E-state index contributed by atoms with van der Waals surface area (Å²) in [6.07, 6.45) is 2.87. The Bertz CT molecular complexity index is 1030. The van der Waals surface area contributed by atoms with E-state index in [-0.39, 0.29) is 17.7 Å². The molecular formula is C22H22N4O3. The lowest BCUT2D eigenvalue weighted by molar-refractivity contribution is 0.0527. The van der Waals surface area contributed by atoms with Gasteiger partial charge in [-0.05, 0) is 50.1 Å². The predicted octanol–water partition coefficient (Wildman–Crippen LogP) is 4.27. The van der Waals surface area contributed by atoms with E-state index >= 15 is 0 Å². The molecule has 3 rings (SSSR count). The Morgan fingerprint density at radius 3 is 2.38 bits per heavy atom. The Balaban J connectivity index is 1.73. The molecule has 0 aliphatic rings. The van der Waals surface area contributed by atoms with Crippen molar-refractivity contribution in [1.82, 2.24) is 9.97 Å². The standard InChI is InChI=1S/C22H22N4O3/c1-4-29-21(28)17-9-5-6-10-19(17)25-20(27)16-12-23-22(24-13-16)26-18-11-7-8-14(2)15(18)3/h5-13H,4H2,1-3H3,(H,25,27)(H,23,24,26). The van der Waals surface area contributed by atoms with E-state index in [2.05, 4.69) is 20.6 Å². The molecule has 0 aliphatic heterocycles. The smallest absolute Gasteiger partial charge is 0.340 e. The van der Waals surface area contributed by atoms with Gasteiger partial charge in [0.15, 0.2) is 0 Å². The average Bonchev–Trinajstić information content (AvgIpc) is 2.72. The van der Waals surface area contributed by atoms with Gasteiger partial charge in [0.05, 0.1) is 23.4 Å². The van der Waals surface area contributed by atoms with Crippen LogP contribution in [0.2, 0.25) is 0 Å². The number of hydrogen-bond donors (Lipinski definition) is 2. The van der Waals surface area contributed by atoms with Gasteiger partial charge < -0.3 is 15.4 Å². The van der Waals surface area contributed by atoms with Gasteiger partial charge in [-0.1, -0.05) is 24.3 Å². The lowest BCUT2D eigenvalue weighted by atomic mass is 10.1. The number of rotatable bonds is 6. The Kier molecular flexibility index (Phi) is 6.19. The van der Waals surface area contributed by atoms with Gasteiger partial charge in [0, 0.05) is 18.1 Å². The van der Waals surface area contributed by atoms with Gasteiger partial charge in [0.2, 0.25) is 5.95 Å². The van der Waals surface area contributed by atoms with Crippen LogP contribution < -0.4 is 10.6 Å². The molecule has 0 bridgehead atoms. The van der Waals surface area contributed by atoms with Gasteiger partial charge in [-0.2, -0.15) is 0 Å². The molecule has 7 nitrogen and oxygen atoms in total. The first-order valence-electron chi connectivity index (χ1n) is 9.22. The van der Waals surface area contributed by atoms with Gasteiger partial charge in [-0.15, -0.1) is 0 Å². The highest BCUT2D eigenvalue weighted by Crippen LogP contribution is 2.21. The molecular weight excluding hydrogens is 368 g/mol. The van der Waals surface area contributed by atoms with Crippen LogP contribution in [0.5, 0.6) is 0 Å². The minimum atomic E-state index is -0.493. The Morgan fingerprint density at radius 2 is 1.66 bits per heavy atom. The summed E-state index contributed by atoms with van der Waals surface area (Å²) in [4.78, 5) is 33.0. The van der Waals surface area contributed by atoms with Crippen LogP contribution in [-0.2, 0) is 4.74 Å². The Labute approximate surface area is 169 Å². The molecule has 0 atom stereocenters. The fraction of sp³-hybridized carbons (Fsp3) is 0.182. The highest BCUT2D eigenvalue weighted by Gasteiger charge is 2.15. The third-order valence-electron chi connectivity index (χ3n) is 4.44. The van der Waals surface area contributed by atoms with E-state index in [0.717, 1.165) is 16.8 Å². The number of carbonyl (C=O) groups is 2. The number of benzene rings is 2. The summed E-state index contributed by atoms with van der Waals surface area (Å²) in [6.45, 7) is 6.03. The number of amides is 1. The molecule has 0 saturated heterocycles. The van der Waals surface area contributed by atoms with Gasteiger partial charge in [0.25, 0.3) is 5.91 Å². The number of anilines is 3. The van der Waals surface area contributed by atoms with Crippen molar-refractivity contribution < 1.29 is 14.3 Å².